The molecule has 0 nitrogen and oxygen atoms in total. The van der Waals surface area contributed by atoms with Gasteiger partial charge in [-0.2, -0.15) is 0 Å². The smallest absolute Gasteiger partial charge is 0.0152 e. The van der Waals surface area contributed by atoms with E-state index in [4.69, 9.17) is 0 Å². The summed E-state index contributed by atoms with van der Waals surface area (Å²) < 4.78 is 0. The number of hydrogen-bond donors (Lipinski definition) is 0. The molecule has 0 aliphatic rings. The maximum Gasteiger partial charge on any atom is -0.0152 e. The van der Waals surface area contributed by atoms with Crippen LogP contribution in [0.4, 0.5) is 0 Å². The van der Waals surface area contributed by atoms with Gasteiger partial charge in [0.2, 0.25) is 0 Å². The first-order valence-corrected chi connectivity index (χ1v) is 6.68. The molecule has 2 rings (SSSR count). The molecule has 2 aromatic rings. The van der Waals surface area contributed by atoms with Crippen molar-refractivity contribution in [3.05, 3.63) is 83.4 Å². The van der Waals surface area contributed by atoms with Gasteiger partial charge in [0.05, 0.1) is 0 Å². The van der Waals surface area contributed by atoms with Crippen molar-refractivity contribution >= 4 is 11.1 Å². The highest BCUT2D eigenvalue weighted by atomic mass is 14.1. The van der Waals surface area contributed by atoms with Crippen molar-refractivity contribution < 1.29 is 0 Å². The second kappa shape index (κ2) is 6.19. The fraction of sp³-hybridized carbons (Fsp3) is 0.158. The van der Waals surface area contributed by atoms with Crippen LogP contribution in [0.5, 0.6) is 0 Å². The molecule has 0 heteroatoms. The number of rotatable bonds is 3. The number of benzene rings is 2. The van der Waals surface area contributed by atoms with Crippen LogP contribution in [0.2, 0.25) is 0 Å². The molecular weight excluding hydrogens is 228 g/mol. The van der Waals surface area contributed by atoms with Gasteiger partial charge in [0.15, 0.2) is 0 Å². The Bertz CT molecular complexity index is 584. The highest BCUT2D eigenvalue weighted by Gasteiger charge is 2.04. The maximum absolute atomic E-state index is 2.19. The molecule has 2 aromatic carbocycles. The van der Waals surface area contributed by atoms with Crippen molar-refractivity contribution in [2.24, 2.45) is 0 Å². The normalized spacial score (nSPS) is 12.6. The molecule has 0 unspecified atom stereocenters. The Balaban J connectivity index is 2.53. The summed E-state index contributed by atoms with van der Waals surface area (Å²) in [5.41, 5.74) is 6.43. The molecular formula is C19H20. The van der Waals surface area contributed by atoms with Gasteiger partial charge >= 0.3 is 0 Å². The van der Waals surface area contributed by atoms with Crippen molar-refractivity contribution in [1.82, 2.24) is 0 Å². The van der Waals surface area contributed by atoms with Crippen molar-refractivity contribution in [3.63, 3.8) is 0 Å². The third-order valence-electron chi connectivity index (χ3n) is 3.31. The Labute approximate surface area is 116 Å². The zero-order chi connectivity index (χ0) is 13.7. The Morgan fingerprint density at radius 2 is 1.47 bits per heavy atom. The van der Waals surface area contributed by atoms with E-state index in [9.17, 15) is 0 Å². The van der Waals surface area contributed by atoms with Gasteiger partial charge in [0.25, 0.3) is 0 Å². The van der Waals surface area contributed by atoms with Crippen molar-refractivity contribution in [1.29, 1.82) is 0 Å². The summed E-state index contributed by atoms with van der Waals surface area (Å²) in [5.74, 6) is 0. The minimum Gasteiger partial charge on any atom is -0.0870 e. The molecule has 0 aliphatic carbocycles. The summed E-state index contributed by atoms with van der Waals surface area (Å²) >= 11 is 0. The predicted molar refractivity (Wildman–Crippen MR) is 84.9 cm³/mol. The fourth-order valence-electron chi connectivity index (χ4n) is 2.18. The lowest BCUT2D eigenvalue weighted by Gasteiger charge is -2.10. The van der Waals surface area contributed by atoms with Crippen LogP contribution in [0.15, 0.2) is 66.7 Å². The third kappa shape index (κ3) is 3.23. The standard InChI is InChI=1S/C19H20/c1-4-8-19(18-9-6-5-7-10-18)16(3)17-13-11-15(2)12-14-17/h4-14H,1-3H3/b8-4-,19-16-. The van der Waals surface area contributed by atoms with Gasteiger partial charge in [-0.3, -0.25) is 0 Å². The molecule has 0 bridgehead atoms. The fourth-order valence-corrected chi connectivity index (χ4v) is 2.18. The topological polar surface area (TPSA) is 0 Å². The van der Waals surface area contributed by atoms with Gasteiger partial charge in [-0.15, -0.1) is 0 Å². The van der Waals surface area contributed by atoms with E-state index >= 15 is 0 Å². The summed E-state index contributed by atoms with van der Waals surface area (Å²) in [6.45, 7) is 6.37. The molecule has 0 N–H and O–H groups in total. The second-order valence-corrected chi connectivity index (χ2v) is 4.77. The first kappa shape index (κ1) is 13.4. The lowest BCUT2D eigenvalue weighted by atomic mass is 9.95. The van der Waals surface area contributed by atoms with E-state index in [1.54, 1.807) is 0 Å². The van der Waals surface area contributed by atoms with Gasteiger partial charge < -0.3 is 0 Å². The average molecular weight is 248 g/mol. The van der Waals surface area contributed by atoms with Gasteiger partial charge in [0.1, 0.15) is 0 Å². The van der Waals surface area contributed by atoms with E-state index in [0.717, 1.165) is 0 Å². The van der Waals surface area contributed by atoms with Crippen LogP contribution in [-0.4, -0.2) is 0 Å². The van der Waals surface area contributed by atoms with E-state index in [0.29, 0.717) is 0 Å². The molecule has 0 aromatic heterocycles. The summed E-state index contributed by atoms with van der Waals surface area (Å²) in [6, 6.07) is 19.3. The van der Waals surface area contributed by atoms with Crippen LogP contribution < -0.4 is 0 Å². The quantitative estimate of drug-likeness (QED) is 0.497. The first-order chi connectivity index (χ1) is 9.22. The molecule has 0 saturated carbocycles. The van der Waals surface area contributed by atoms with Gasteiger partial charge in [0, 0.05) is 0 Å². The molecule has 0 saturated heterocycles. The molecule has 96 valence electrons. The maximum atomic E-state index is 2.19. The Kier molecular flexibility index (Phi) is 4.35. The van der Waals surface area contributed by atoms with E-state index in [-0.39, 0.29) is 0 Å². The SMILES string of the molecule is C/C=C\C(=C(/C)c1ccc(C)cc1)c1ccccc1. The van der Waals surface area contributed by atoms with E-state index in [2.05, 4.69) is 87.5 Å². The molecule has 0 amide bonds. The van der Waals surface area contributed by atoms with Gasteiger partial charge in [-0.1, -0.05) is 72.3 Å². The molecule has 0 aliphatic heterocycles. The van der Waals surface area contributed by atoms with Crippen LogP contribution in [0, 0.1) is 6.92 Å². The van der Waals surface area contributed by atoms with E-state index < -0.39 is 0 Å². The summed E-state index contributed by atoms with van der Waals surface area (Å²) in [4.78, 5) is 0. The number of allylic oxidation sites excluding steroid dienone is 4. The zero-order valence-electron chi connectivity index (χ0n) is 11.9. The van der Waals surface area contributed by atoms with E-state index in [1.807, 2.05) is 0 Å². The lowest BCUT2D eigenvalue weighted by Crippen LogP contribution is -1.87. The molecule has 0 fully saturated rings. The van der Waals surface area contributed by atoms with Crippen molar-refractivity contribution in [3.8, 4) is 0 Å². The first-order valence-electron chi connectivity index (χ1n) is 6.68. The third-order valence-corrected chi connectivity index (χ3v) is 3.31. The van der Waals surface area contributed by atoms with E-state index in [1.165, 1.54) is 27.8 Å². The minimum absolute atomic E-state index is 1.26. The van der Waals surface area contributed by atoms with Crippen LogP contribution in [0.3, 0.4) is 0 Å². The largest absolute Gasteiger partial charge is 0.0870 e. The van der Waals surface area contributed by atoms with Crippen molar-refractivity contribution in [2.75, 3.05) is 0 Å². The zero-order valence-corrected chi connectivity index (χ0v) is 11.9. The summed E-state index contributed by atoms with van der Waals surface area (Å²) in [6.07, 6.45) is 4.28. The monoisotopic (exact) mass is 248 g/mol. The van der Waals surface area contributed by atoms with Gasteiger partial charge in [-0.05, 0) is 43.0 Å². The average Bonchev–Trinajstić information content (AvgIpc) is 2.46. The summed E-state index contributed by atoms with van der Waals surface area (Å²) in [7, 11) is 0. The Morgan fingerprint density at radius 3 is 2.05 bits per heavy atom. The van der Waals surface area contributed by atoms with Crippen molar-refractivity contribution in [2.45, 2.75) is 20.8 Å². The van der Waals surface area contributed by atoms with Gasteiger partial charge in [-0.25, -0.2) is 0 Å². The highest BCUT2D eigenvalue weighted by Crippen LogP contribution is 2.27. The predicted octanol–water partition coefficient (Wildman–Crippen LogP) is 5.50. The second-order valence-electron chi connectivity index (χ2n) is 4.77. The molecule has 0 atom stereocenters. The Hall–Kier alpha value is -2.08. The molecule has 0 spiro atoms. The van der Waals surface area contributed by atoms with Crippen LogP contribution in [0.1, 0.15) is 30.5 Å². The number of aryl methyl sites for hydroxylation is 1. The molecule has 19 heavy (non-hydrogen) atoms. The molecule has 0 heterocycles. The van der Waals surface area contributed by atoms with Crippen LogP contribution in [-0.2, 0) is 0 Å². The van der Waals surface area contributed by atoms with Crippen LogP contribution >= 0.6 is 0 Å². The summed E-state index contributed by atoms with van der Waals surface area (Å²) in [5, 5.41) is 0. The van der Waals surface area contributed by atoms with Crippen LogP contribution in [0.25, 0.3) is 11.1 Å². The number of hydrogen-bond acceptors (Lipinski definition) is 0. The Morgan fingerprint density at radius 1 is 0.842 bits per heavy atom. The minimum atomic E-state index is 1.26. The highest BCUT2D eigenvalue weighted by molar-refractivity contribution is 5.94. The lowest BCUT2D eigenvalue weighted by molar-refractivity contribution is 1.44. The molecule has 0 radical (unpaired) electrons.